The fourth-order valence-electron chi connectivity index (χ4n) is 4.32. The average Bonchev–Trinajstić information content (AvgIpc) is 3.33. The first kappa shape index (κ1) is 30.0. The Kier molecular flexibility index (Phi) is 10.7. The number of halogens is 3. The highest BCUT2D eigenvalue weighted by molar-refractivity contribution is 5.85. The number of amides is 2. The minimum absolute atomic E-state index is 0.0762. The van der Waals surface area contributed by atoms with Crippen LogP contribution < -0.4 is 0 Å². The van der Waals surface area contributed by atoms with Gasteiger partial charge in [-0.15, -0.1) is 0 Å². The number of hydrogen-bond acceptors (Lipinski definition) is 3. The monoisotopic (exact) mass is 543 g/mol. The molecule has 0 bridgehead atoms. The molecule has 1 heterocycles. The van der Waals surface area contributed by atoms with E-state index in [1.165, 1.54) is 6.07 Å². The highest BCUT2D eigenvalue weighted by atomic mass is 19.4. The Bertz CT molecular complexity index is 1210. The molecular weight excluding hydrogens is 507 g/mol. The highest BCUT2D eigenvalue weighted by Gasteiger charge is 2.30. The Hall–Kier alpha value is -3.59. The van der Waals surface area contributed by atoms with Crippen LogP contribution >= 0.6 is 0 Å². The van der Waals surface area contributed by atoms with Crippen molar-refractivity contribution in [2.45, 2.75) is 46.1 Å². The number of methoxy groups -OCH3 is 1. The van der Waals surface area contributed by atoms with E-state index in [4.69, 9.17) is 4.74 Å². The molecule has 0 aliphatic heterocycles. The van der Waals surface area contributed by atoms with Gasteiger partial charge >= 0.3 is 6.18 Å². The third kappa shape index (κ3) is 8.99. The van der Waals surface area contributed by atoms with E-state index in [1.54, 1.807) is 29.2 Å². The minimum atomic E-state index is -4.42. The number of aromatic nitrogens is 1. The van der Waals surface area contributed by atoms with Crippen LogP contribution in [0.25, 0.3) is 0 Å². The standard InChI is InChI=1S/C30H36F3N3O3/c1-23(2)29(38)36(19-24-10-5-4-6-11-24)22-28(37)35(16-9-17-39-3)21-27-14-8-15-34(27)20-25-12-7-13-26(18-25)30(31,32)33/h4-8,10-15,18,23H,9,16-17,19-22H2,1-3H3. The first-order valence-corrected chi connectivity index (χ1v) is 13.0. The average molecular weight is 544 g/mol. The summed E-state index contributed by atoms with van der Waals surface area (Å²) in [7, 11) is 1.59. The predicted molar refractivity (Wildman–Crippen MR) is 144 cm³/mol. The van der Waals surface area contributed by atoms with E-state index in [1.807, 2.05) is 60.9 Å². The lowest BCUT2D eigenvalue weighted by atomic mass is 10.1. The number of carbonyl (C=O) groups excluding carboxylic acids is 2. The SMILES string of the molecule is COCCCN(Cc1cccn1Cc1cccc(C(F)(F)F)c1)C(=O)CN(Cc1ccccc1)C(=O)C(C)C. The third-order valence-electron chi connectivity index (χ3n) is 6.36. The topological polar surface area (TPSA) is 54.8 Å². The Morgan fingerprint density at radius 3 is 2.31 bits per heavy atom. The summed E-state index contributed by atoms with van der Waals surface area (Å²) in [6.07, 6.45) is -2.02. The van der Waals surface area contributed by atoms with Gasteiger partial charge in [-0.2, -0.15) is 13.2 Å². The first-order chi connectivity index (χ1) is 18.6. The molecule has 0 saturated heterocycles. The van der Waals surface area contributed by atoms with Gasteiger partial charge < -0.3 is 19.1 Å². The van der Waals surface area contributed by atoms with Crippen molar-refractivity contribution >= 4 is 11.8 Å². The van der Waals surface area contributed by atoms with E-state index in [0.717, 1.165) is 23.4 Å². The molecule has 3 aromatic rings. The third-order valence-corrected chi connectivity index (χ3v) is 6.36. The second kappa shape index (κ2) is 14.0. The van der Waals surface area contributed by atoms with E-state index >= 15 is 0 Å². The van der Waals surface area contributed by atoms with E-state index in [0.29, 0.717) is 31.7 Å². The molecule has 0 spiro atoms. The number of alkyl halides is 3. The van der Waals surface area contributed by atoms with E-state index in [2.05, 4.69) is 0 Å². The Labute approximate surface area is 228 Å². The number of benzene rings is 2. The van der Waals surface area contributed by atoms with Crippen LogP contribution in [-0.4, -0.2) is 53.0 Å². The van der Waals surface area contributed by atoms with Crippen LogP contribution in [0.4, 0.5) is 13.2 Å². The number of carbonyl (C=O) groups is 2. The second-order valence-corrected chi connectivity index (χ2v) is 9.82. The van der Waals surface area contributed by atoms with Crippen LogP contribution in [0.1, 0.15) is 42.7 Å². The van der Waals surface area contributed by atoms with Crippen molar-refractivity contribution in [3.63, 3.8) is 0 Å². The summed E-state index contributed by atoms with van der Waals surface area (Å²) in [4.78, 5) is 29.8. The van der Waals surface area contributed by atoms with Crippen molar-refractivity contribution in [2.75, 3.05) is 26.8 Å². The van der Waals surface area contributed by atoms with Crippen LogP contribution in [0.15, 0.2) is 72.9 Å². The van der Waals surface area contributed by atoms with Crippen LogP contribution in [0, 0.1) is 5.92 Å². The molecule has 0 aliphatic rings. The van der Waals surface area contributed by atoms with Crippen molar-refractivity contribution in [1.82, 2.24) is 14.4 Å². The molecule has 39 heavy (non-hydrogen) atoms. The Balaban J connectivity index is 1.79. The molecule has 0 radical (unpaired) electrons. The summed E-state index contributed by atoms with van der Waals surface area (Å²) < 4.78 is 46.6. The predicted octanol–water partition coefficient (Wildman–Crippen LogP) is 5.61. The summed E-state index contributed by atoms with van der Waals surface area (Å²) >= 11 is 0. The van der Waals surface area contributed by atoms with Crippen molar-refractivity contribution < 1.29 is 27.5 Å². The van der Waals surface area contributed by atoms with Crippen LogP contribution in [0.2, 0.25) is 0 Å². The molecule has 0 aliphatic carbocycles. The van der Waals surface area contributed by atoms with Gasteiger partial charge in [-0.1, -0.05) is 56.3 Å². The molecule has 0 atom stereocenters. The van der Waals surface area contributed by atoms with Crippen molar-refractivity contribution in [3.8, 4) is 0 Å². The zero-order chi connectivity index (χ0) is 28.4. The summed E-state index contributed by atoms with van der Waals surface area (Å²) in [5.74, 6) is -0.590. The maximum absolute atomic E-state index is 13.6. The molecular formula is C30H36F3N3O3. The molecule has 0 unspecified atom stereocenters. The van der Waals surface area contributed by atoms with Gasteiger partial charge in [-0.3, -0.25) is 9.59 Å². The van der Waals surface area contributed by atoms with Gasteiger partial charge in [0.05, 0.1) is 12.1 Å². The fraction of sp³-hybridized carbons (Fsp3) is 0.400. The lowest BCUT2D eigenvalue weighted by Crippen LogP contribution is -2.44. The molecule has 0 saturated carbocycles. The first-order valence-electron chi connectivity index (χ1n) is 13.0. The molecule has 1 aromatic heterocycles. The Morgan fingerprint density at radius 1 is 0.923 bits per heavy atom. The largest absolute Gasteiger partial charge is 0.416 e. The van der Waals surface area contributed by atoms with Crippen LogP contribution in [-0.2, 0) is 40.1 Å². The second-order valence-electron chi connectivity index (χ2n) is 9.82. The molecule has 9 heteroatoms. The zero-order valence-corrected chi connectivity index (χ0v) is 22.7. The van der Waals surface area contributed by atoms with Gasteiger partial charge in [-0.05, 0) is 41.8 Å². The molecule has 2 aromatic carbocycles. The van der Waals surface area contributed by atoms with Crippen LogP contribution in [0.5, 0.6) is 0 Å². The number of ether oxygens (including phenoxy) is 1. The molecule has 3 rings (SSSR count). The van der Waals surface area contributed by atoms with Crippen molar-refractivity contribution in [3.05, 3.63) is 95.3 Å². The van der Waals surface area contributed by atoms with E-state index < -0.39 is 11.7 Å². The Morgan fingerprint density at radius 2 is 1.64 bits per heavy atom. The smallest absolute Gasteiger partial charge is 0.385 e. The van der Waals surface area contributed by atoms with Gasteiger partial charge in [0.1, 0.15) is 6.54 Å². The normalized spacial score (nSPS) is 11.6. The van der Waals surface area contributed by atoms with Gasteiger partial charge in [-0.25, -0.2) is 0 Å². The molecule has 0 N–H and O–H groups in total. The summed E-state index contributed by atoms with van der Waals surface area (Å²) in [5, 5.41) is 0. The summed E-state index contributed by atoms with van der Waals surface area (Å²) in [5.41, 5.74) is 1.53. The maximum atomic E-state index is 13.6. The van der Waals surface area contributed by atoms with Gasteiger partial charge in [0.25, 0.3) is 0 Å². The van der Waals surface area contributed by atoms with Gasteiger partial charge in [0.15, 0.2) is 0 Å². The quantitative estimate of drug-likeness (QED) is 0.264. The number of nitrogens with zero attached hydrogens (tertiary/aromatic N) is 3. The number of rotatable bonds is 13. The van der Waals surface area contributed by atoms with E-state index in [-0.39, 0.29) is 37.4 Å². The lowest BCUT2D eigenvalue weighted by molar-refractivity contribution is -0.143. The fourth-order valence-corrected chi connectivity index (χ4v) is 4.32. The highest BCUT2D eigenvalue weighted by Crippen LogP contribution is 2.29. The van der Waals surface area contributed by atoms with Crippen molar-refractivity contribution in [1.29, 1.82) is 0 Å². The lowest BCUT2D eigenvalue weighted by Gasteiger charge is -2.29. The molecule has 2 amide bonds. The van der Waals surface area contributed by atoms with Crippen LogP contribution in [0.3, 0.4) is 0 Å². The minimum Gasteiger partial charge on any atom is -0.385 e. The van der Waals surface area contributed by atoms with Gasteiger partial charge in [0, 0.05) is 51.2 Å². The molecule has 6 nitrogen and oxygen atoms in total. The molecule has 0 fully saturated rings. The number of hydrogen-bond donors (Lipinski definition) is 0. The zero-order valence-electron chi connectivity index (χ0n) is 22.7. The molecule has 210 valence electrons. The van der Waals surface area contributed by atoms with E-state index in [9.17, 15) is 22.8 Å². The van der Waals surface area contributed by atoms with Crippen molar-refractivity contribution in [2.24, 2.45) is 5.92 Å². The summed E-state index contributed by atoms with van der Waals surface area (Å²) in [6.45, 7) is 5.23. The van der Waals surface area contributed by atoms with Gasteiger partial charge in [0.2, 0.25) is 11.8 Å². The summed E-state index contributed by atoms with van der Waals surface area (Å²) in [6, 6.07) is 18.4. The maximum Gasteiger partial charge on any atom is 0.416 e.